The van der Waals surface area contributed by atoms with Gasteiger partial charge in [-0.15, -0.1) is 11.8 Å². The Morgan fingerprint density at radius 1 is 0.554 bits per heavy atom. The van der Waals surface area contributed by atoms with Gasteiger partial charge >= 0.3 is 0 Å². The number of hydrogen-bond donors (Lipinski definition) is 19. The summed E-state index contributed by atoms with van der Waals surface area (Å²) in [6, 6.07) is 1.32. The van der Waals surface area contributed by atoms with Crippen LogP contribution in [-0.2, 0) is 101 Å². The van der Waals surface area contributed by atoms with Crippen LogP contribution >= 0.6 is 11.8 Å². The highest BCUT2D eigenvalue weighted by molar-refractivity contribution is 8.00. The van der Waals surface area contributed by atoms with Crippen LogP contribution in [-0.4, -0.2) is 308 Å². The average molecular weight is 1830 g/mol. The van der Waals surface area contributed by atoms with E-state index in [-0.39, 0.29) is 89.6 Å². The Morgan fingerprint density at radius 3 is 1.71 bits per heavy atom. The number of H-pyrrole nitrogens is 2. The first kappa shape index (κ1) is 103. The fourth-order valence-electron chi connectivity index (χ4n) is 16.0. The van der Waals surface area contributed by atoms with Crippen LogP contribution in [0.15, 0.2) is 85.2 Å². The normalized spacial score (nSPS) is 24.7. The van der Waals surface area contributed by atoms with Crippen molar-refractivity contribution in [3.8, 4) is 0 Å². The predicted molar refractivity (Wildman–Crippen MR) is 482 cm³/mol. The lowest BCUT2D eigenvalue weighted by Crippen LogP contribution is -2.61. The van der Waals surface area contributed by atoms with Crippen molar-refractivity contribution < 1.29 is 91.7 Å². The van der Waals surface area contributed by atoms with Gasteiger partial charge in [0.25, 0.3) is 0 Å². The SMILES string of the molecule is CCCC[C@H]1C(=O)N(C)[C@@H](CCCC)C(=O)N[C@@H](CCCNC(=N)N)C(=O)N[C@H](C(=O)NCC(N)=O)CSCC(=O)N[C@@H](Cc2ccc(C)cc2)C(=O)N(C)[C@@H](C)C(=O)N[C@@H](CC(N)=O)C(=O)N2CCC[C@H]2C(=O)NCC(=O)N[C@@H](CC(C)C)C(=O)N2C[C@H](O)C[C@H]2C(=O)N[C@@H](Cc2c[nH]c3ccccc23)C(=O)N[C@@H](CO)C(=O)N[C@@H](Cc2c[nH]c3ccccc23)C(=O)N1C. The Hall–Kier alpha value is -12.7. The maximum Gasteiger partial charge on any atom is 0.246 e. The average Bonchev–Trinajstić information content (AvgIpc) is 1.57. The number of aliphatic hydroxyl groups excluding tert-OH is 2. The minimum Gasteiger partial charge on any atom is -0.394 e. The molecule has 17 amide bonds. The van der Waals surface area contributed by atoms with Crippen molar-refractivity contribution in [2.24, 2.45) is 23.1 Å². The molecule has 0 bridgehead atoms. The smallest absolute Gasteiger partial charge is 0.246 e. The van der Waals surface area contributed by atoms with Gasteiger partial charge in [-0.25, -0.2) is 0 Å². The standard InChI is InChI=1S/C88H126N22O19S/c1-10-12-25-67-81(123)100-59(24-18-32-93-88(91)92)77(119)105-66(76(118)96-42-72(90)114)46-130-47-74(116)99-62(35-51-30-28-49(5)29-31-51)83(125)106(7)50(6)75(117)102-64(39-71(89)113)85(127)109-33-19-27-68(109)80(122)97-43-73(115)98-61(34-48(3)4)86(128)110-44-54(112)38-70(110)82(124)101-60(36-52-40-94-57-22-16-14-20-55(52)57)78(120)104-65(45-111)79(121)103-63(37-53-41-95-58-23-17-15-21-56(53)58)84(126)108(9)69(26-13-11-2)87(129)107(67)8/h14-17,20-23,28-31,40-41,48,50,54,59-70,94-95,111-112H,10-13,18-19,24-27,32-39,42-47H2,1-9H3,(H2,89,113)(H2,90,114)(H,96,118)(H,97,122)(H,98,115)(H,99,116)(H,100,123)(H,101,124)(H,102,117)(H,103,121)(H,104,120)(H,105,119)(H4,91,92,93)/t50-,54+,59-,60-,61-,62-,63-,64-,65-,66-,67-,68-,69-,70-/m0/s1. The van der Waals surface area contributed by atoms with Crippen LogP contribution in [0.1, 0.15) is 140 Å². The number of aromatic nitrogens is 2. The Labute approximate surface area is 757 Å². The predicted octanol–water partition coefficient (Wildman–Crippen LogP) is -2.66. The number of thioether (sulfide) groups is 1. The molecule has 0 spiro atoms. The number of carbonyl (C=O) groups is 17. The Kier molecular flexibility index (Phi) is 38.8. The number of para-hydroxylation sites is 2. The van der Waals surface area contributed by atoms with Gasteiger partial charge in [0.2, 0.25) is 100 Å². The molecule has 3 aromatic carbocycles. The van der Waals surface area contributed by atoms with Gasteiger partial charge in [-0.2, -0.15) is 0 Å². The number of guanidine groups is 1. The number of carbonyl (C=O) groups excluding carboxylic acids is 17. The van der Waals surface area contributed by atoms with Crippen LogP contribution in [0.2, 0.25) is 0 Å². The molecule has 5 heterocycles. The number of nitrogens with one attached hydrogen (secondary N) is 14. The molecule has 22 N–H and O–H groups in total. The zero-order chi connectivity index (χ0) is 95.3. The van der Waals surface area contributed by atoms with Gasteiger partial charge in [-0.3, -0.25) is 86.9 Å². The molecule has 3 aliphatic heterocycles. The number of hydrogen-bond acceptors (Lipinski definition) is 21. The molecule has 3 aliphatic rings. The molecule has 2 aromatic heterocycles. The van der Waals surface area contributed by atoms with Crippen molar-refractivity contribution >= 4 is 140 Å². The van der Waals surface area contributed by atoms with E-state index in [0.717, 1.165) is 41.8 Å². The summed E-state index contributed by atoms with van der Waals surface area (Å²) in [5.74, 6) is -17.2. The molecule has 708 valence electrons. The third-order valence-corrected chi connectivity index (χ3v) is 24.4. The zero-order valence-corrected chi connectivity index (χ0v) is 75.7. The number of aromatic amines is 2. The van der Waals surface area contributed by atoms with E-state index in [0.29, 0.717) is 64.2 Å². The summed E-state index contributed by atoms with van der Waals surface area (Å²) in [7, 11) is 3.96. The number of likely N-dealkylation sites (N-methyl/N-ethyl adjacent to an activating group) is 3. The van der Waals surface area contributed by atoms with Crippen LogP contribution < -0.4 is 75.7 Å². The zero-order valence-electron chi connectivity index (χ0n) is 74.9. The molecule has 0 aliphatic carbocycles. The second kappa shape index (κ2) is 49.2. The van der Waals surface area contributed by atoms with Crippen molar-refractivity contribution in [3.63, 3.8) is 0 Å². The first-order valence-electron chi connectivity index (χ1n) is 43.9. The molecule has 0 radical (unpaired) electrons. The summed E-state index contributed by atoms with van der Waals surface area (Å²) in [4.78, 5) is 259. The van der Waals surface area contributed by atoms with E-state index in [4.69, 9.17) is 22.6 Å². The molecular formula is C88H126N22O19S. The van der Waals surface area contributed by atoms with E-state index in [2.05, 4.69) is 68.5 Å². The summed E-state index contributed by atoms with van der Waals surface area (Å²) in [6.07, 6.45) is 1.80. The van der Waals surface area contributed by atoms with Crippen molar-refractivity contribution in [2.45, 2.75) is 229 Å². The van der Waals surface area contributed by atoms with E-state index >= 15 is 28.8 Å². The van der Waals surface area contributed by atoms with Gasteiger partial charge in [-0.1, -0.05) is 120 Å². The number of rotatable bonds is 24. The van der Waals surface area contributed by atoms with E-state index in [1.54, 1.807) is 99.0 Å². The number of amides is 17. The maximum absolute atomic E-state index is 15.7. The molecule has 5 aromatic rings. The molecule has 8 rings (SSSR count). The molecule has 41 nitrogen and oxygen atoms in total. The first-order chi connectivity index (χ1) is 61.8. The van der Waals surface area contributed by atoms with Crippen molar-refractivity contribution in [1.29, 1.82) is 5.41 Å². The summed E-state index contributed by atoms with van der Waals surface area (Å²) >= 11 is 0.796. The van der Waals surface area contributed by atoms with Gasteiger partial charge in [-0.05, 0) is 93.5 Å². The highest BCUT2D eigenvalue weighted by atomic mass is 32.2. The van der Waals surface area contributed by atoms with Gasteiger partial charge < -0.3 is 120 Å². The van der Waals surface area contributed by atoms with Crippen LogP contribution in [0.3, 0.4) is 0 Å². The van der Waals surface area contributed by atoms with Crippen molar-refractivity contribution in [3.05, 3.63) is 107 Å². The number of aryl methyl sites for hydroxylation is 1. The molecular weight excluding hydrogens is 1700 g/mol. The number of fused-ring (bicyclic) bond motifs is 4. The van der Waals surface area contributed by atoms with Gasteiger partial charge in [0.1, 0.15) is 78.5 Å². The highest BCUT2D eigenvalue weighted by Gasteiger charge is 2.46. The van der Waals surface area contributed by atoms with Crippen LogP contribution in [0.25, 0.3) is 21.8 Å². The van der Waals surface area contributed by atoms with Crippen LogP contribution in [0.5, 0.6) is 0 Å². The lowest BCUT2D eigenvalue weighted by Gasteiger charge is -2.36. The minimum absolute atomic E-state index is 0.000354. The molecule has 3 fully saturated rings. The number of unbranched alkanes of at least 4 members (excludes halogenated alkanes) is 2. The summed E-state index contributed by atoms with van der Waals surface area (Å²) in [5.41, 5.74) is 20.4. The second-order valence-electron chi connectivity index (χ2n) is 33.7. The summed E-state index contributed by atoms with van der Waals surface area (Å²) in [6.45, 7) is 7.26. The lowest BCUT2D eigenvalue weighted by atomic mass is 10.00. The van der Waals surface area contributed by atoms with Gasteiger partial charge in [0.15, 0.2) is 5.96 Å². The van der Waals surface area contributed by atoms with Crippen molar-refractivity contribution in [1.82, 2.24) is 93.0 Å². The Bertz CT molecular complexity index is 4890. The number of nitrogens with two attached hydrogens (primary N) is 3. The van der Waals surface area contributed by atoms with E-state index in [9.17, 15) is 63.0 Å². The summed E-state index contributed by atoms with van der Waals surface area (Å²) in [5, 5.41) is 60.4. The molecule has 0 unspecified atom stereocenters. The largest absolute Gasteiger partial charge is 0.394 e. The maximum atomic E-state index is 15.7. The number of primary amides is 2. The second-order valence-corrected chi connectivity index (χ2v) is 34.8. The van der Waals surface area contributed by atoms with Crippen LogP contribution in [0, 0.1) is 18.3 Å². The quantitative estimate of drug-likeness (QED) is 0.0170. The third kappa shape index (κ3) is 28.9. The van der Waals surface area contributed by atoms with Gasteiger partial charge in [0.05, 0.1) is 38.0 Å². The van der Waals surface area contributed by atoms with E-state index in [1.807, 2.05) is 20.8 Å². The van der Waals surface area contributed by atoms with Crippen molar-refractivity contribution in [2.75, 3.05) is 72.0 Å². The Morgan fingerprint density at radius 2 is 1.10 bits per heavy atom. The monoisotopic (exact) mass is 1830 g/mol. The number of nitrogens with zero attached hydrogens (tertiary/aromatic N) is 5. The fraction of sp³-hybridized carbons (Fsp3) is 0.545. The van der Waals surface area contributed by atoms with E-state index in [1.165, 1.54) is 28.1 Å². The number of aliphatic hydroxyl groups is 2. The summed E-state index contributed by atoms with van der Waals surface area (Å²) < 4.78 is 0. The van der Waals surface area contributed by atoms with E-state index < -0.39 is 235 Å². The Balaban J connectivity index is 1.17. The fourth-order valence-corrected chi connectivity index (χ4v) is 16.9. The van der Waals surface area contributed by atoms with Crippen LogP contribution in [0.4, 0.5) is 0 Å². The molecule has 14 atom stereocenters. The first-order valence-corrected chi connectivity index (χ1v) is 45.0. The molecule has 0 saturated carbocycles. The third-order valence-electron chi connectivity index (χ3n) is 23.3. The molecule has 130 heavy (non-hydrogen) atoms. The number of benzene rings is 3. The minimum atomic E-state index is -1.87. The lowest BCUT2D eigenvalue weighted by molar-refractivity contribution is -0.149. The molecule has 42 heteroatoms. The van der Waals surface area contributed by atoms with Gasteiger partial charge in [0, 0.05) is 106 Å². The highest BCUT2D eigenvalue weighted by Crippen LogP contribution is 2.28. The molecule has 3 saturated heterocycles. The topological polar surface area (TPSA) is 613 Å².